The maximum Gasteiger partial charge on any atom is 0.223 e. The summed E-state index contributed by atoms with van der Waals surface area (Å²) in [6, 6.07) is 0.241. The predicted octanol–water partition coefficient (Wildman–Crippen LogP) is 2.11. The molecule has 0 aliphatic rings. The molecule has 0 saturated carbocycles. The van der Waals surface area contributed by atoms with Crippen LogP contribution in [0.2, 0.25) is 0 Å². The van der Waals surface area contributed by atoms with E-state index in [4.69, 9.17) is 0 Å². The third kappa shape index (κ3) is 7.32. The summed E-state index contributed by atoms with van der Waals surface area (Å²) in [6.45, 7) is 8.11. The molecule has 0 aromatic heterocycles. The minimum Gasteiger partial charge on any atom is -0.354 e. The summed E-state index contributed by atoms with van der Waals surface area (Å²) >= 11 is 0. The average Bonchev–Trinajstić information content (AvgIpc) is 1.84. The summed E-state index contributed by atoms with van der Waals surface area (Å²) in [4.78, 5) is 11.1. The standard InChI is InChI=1S/C10H19NO/c1-8(2)6-5-7-10(12)11-9(3)4/h5-6,8-9H,7H2,1-4H3,(H,11,12)/b6-5+. The lowest BCUT2D eigenvalue weighted by Crippen LogP contribution is -2.29. The molecule has 0 aromatic carbocycles. The van der Waals surface area contributed by atoms with Crippen LogP contribution in [0.4, 0.5) is 0 Å². The van der Waals surface area contributed by atoms with E-state index in [9.17, 15) is 4.79 Å². The van der Waals surface area contributed by atoms with Gasteiger partial charge in [-0.1, -0.05) is 26.0 Å². The van der Waals surface area contributed by atoms with E-state index in [0.29, 0.717) is 12.3 Å². The van der Waals surface area contributed by atoms with E-state index in [1.807, 2.05) is 26.0 Å². The summed E-state index contributed by atoms with van der Waals surface area (Å²) in [7, 11) is 0. The molecular formula is C10H19NO. The molecule has 0 heterocycles. The van der Waals surface area contributed by atoms with Gasteiger partial charge < -0.3 is 5.32 Å². The van der Waals surface area contributed by atoms with Gasteiger partial charge in [0.1, 0.15) is 0 Å². The van der Waals surface area contributed by atoms with Crippen molar-refractivity contribution in [3.63, 3.8) is 0 Å². The lowest BCUT2D eigenvalue weighted by molar-refractivity contribution is -0.120. The summed E-state index contributed by atoms with van der Waals surface area (Å²) < 4.78 is 0. The molecule has 0 aliphatic carbocycles. The monoisotopic (exact) mass is 169 g/mol. The van der Waals surface area contributed by atoms with Crippen LogP contribution in [-0.2, 0) is 4.79 Å². The third-order valence-corrected chi connectivity index (χ3v) is 1.27. The molecule has 0 saturated heterocycles. The Morgan fingerprint density at radius 1 is 1.33 bits per heavy atom. The number of carbonyl (C=O) groups excluding carboxylic acids is 1. The van der Waals surface area contributed by atoms with Crippen molar-refractivity contribution < 1.29 is 4.79 Å². The van der Waals surface area contributed by atoms with Gasteiger partial charge in [-0.15, -0.1) is 0 Å². The van der Waals surface area contributed by atoms with E-state index < -0.39 is 0 Å². The van der Waals surface area contributed by atoms with Gasteiger partial charge in [-0.3, -0.25) is 4.79 Å². The molecule has 12 heavy (non-hydrogen) atoms. The van der Waals surface area contributed by atoms with Crippen LogP contribution >= 0.6 is 0 Å². The lowest BCUT2D eigenvalue weighted by Gasteiger charge is -2.05. The van der Waals surface area contributed by atoms with Crippen molar-refractivity contribution in [3.8, 4) is 0 Å². The zero-order valence-corrected chi connectivity index (χ0v) is 8.42. The highest BCUT2D eigenvalue weighted by Gasteiger charge is 1.99. The van der Waals surface area contributed by atoms with Crippen LogP contribution in [0.25, 0.3) is 0 Å². The van der Waals surface area contributed by atoms with E-state index in [0.717, 1.165) is 0 Å². The van der Waals surface area contributed by atoms with Gasteiger partial charge in [-0.2, -0.15) is 0 Å². The molecule has 1 N–H and O–H groups in total. The van der Waals surface area contributed by atoms with Gasteiger partial charge in [0.25, 0.3) is 0 Å². The number of amides is 1. The molecule has 0 fully saturated rings. The fourth-order valence-corrected chi connectivity index (χ4v) is 0.828. The first-order valence-electron chi connectivity index (χ1n) is 4.48. The molecule has 0 atom stereocenters. The Bertz CT molecular complexity index is 159. The molecule has 0 radical (unpaired) electrons. The highest BCUT2D eigenvalue weighted by atomic mass is 16.1. The topological polar surface area (TPSA) is 29.1 Å². The smallest absolute Gasteiger partial charge is 0.223 e. The Morgan fingerprint density at radius 2 is 1.92 bits per heavy atom. The summed E-state index contributed by atoms with van der Waals surface area (Å²) in [5, 5.41) is 2.83. The van der Waals surface area contributed by atoms with Gasteiger partial charge in [-0.05, 0) is 19.8 Å². The second kappa shape index (κ2) is 5.81. The molecule has 0 aromatic rings. The van der Waals surface area contributed by atoms with Crippen LogP contribution in [0.15, 0.2) is 12.2 Å². The van der Waals surface area contributed by atoms with Gasteiger partial charge in [0.2, 0.25) is 5.91 Å². The van der Waals surface area contributed by atoms with Crippen LogP contribution in [-0.4, -0.2) is 11.9 Å². The van der Waals surface area contributed by atoms with Crippen molar-refractivity contribution in [1.29, 1.82) is 0 Å². The van der Waals surface area contributed by atoms with Crippen molar-refractivity contribution in [2.45, 2.75) is 40.2 Å². The van der Waals surface area contributed by atoms with Crippen LogP contribution in [0.5, 0.6) is 0 Å². The van der Waals surface area contributed by atoms with Gasteiger partial charge in [0.05, 0.1) is 0 Å². The van der Waals surface area contributed by atoms with Crippen LogP contribution in [0.1, 0.15) is 34.1 Å². The summed E-state index contributed by atoms with van der Waals surface area (Å²) in [5.74, 6) is 0.624. The molecule has 0 unspecified atom stereocenters. The molecule has 0 bridgehead atoms. The van der Waals surface area contributed by atoms with E-state index >= 15 is 0 Å². The highest BCUT2D eigenvalue weighted by Crippen LogP contribution is 1.95. The van der Waals surface area contributed by atoms with Crippen molar-refractivity contribution in [1.82, 2.24) is 5.32 Å². The van der Waals surface area contributed by atoms with Gasteiger partial charge >= 0.3 is 0 Å². The average molecular weight is 169 g/mol. The second-order valence-corrected chi connectivity index (χ2v) is 3.60. The van der Waals surface area contributed by atoms with E-state index in [2.05, 4.69) is 19.2 Å². The quantitative estimate of drug-likeness (QED) is 0.642. The Morgan fingerprint density at radius 3 is 2.33 bits per heavy atom. The normalized spacial score (nSPS) is 11.5. The molecule has 0 aliphatic heterocycles. The first-order chi connectivity index (χ1) is 5.52. The minimum absolute atomic E-state index is 0.0990. The third-order valence-electron chi connectivity index (χ3n) is 1.27. The Hall–Kier alpha value is -0.790. The van der Waals surface area contributed by atoms with E-state index in [1.165, 1.54) is 0 Å². The van der Waals surface area contributed by atoms with Crippen molar-refractivity contribution in [3.05, 3.63) is 12.2 Å². The molecule has 1 amide bonds. The SMILES string of the molecule is CC(C)/C=C/CC(=O)NC(C)C. The van der Waals surface area contributed by atoms with Gasteiger partial charge in [-0.25, -0.2) is 0 Å². The number of nitrogens with one attached hydrogen (secondary N) is 1. The zero-order chi connectivity index (χ0) is 9.56. The maximum atomic E-state index is 11.1. The Labute approximate surface area is 75.0 Å². The lowest BCUT2D eigenvalue weighted by atomic mass is 10.2. The molecule has 0 rings (SSSR count). The molecular weight excluding hydrogens is 150 g/mol. The number of hydrogen-bond donors (Lipinski definition) is 1. The van der Waals surface area contributed by atoms with Crippen LogP contribution < -0.4 is 5.32 Å². The highest BCUT2D eigenvalue weighted by molar-refractivity contribution is 5.77. The maximum absolute atomic E-state index is 11.1. The number of carbonyl (C=O) groups is 1. The number of allylic oxidation sites excluding steroid dienone is 1. The molecule has 70 valence electrons. The molecule has 0 spiro atoms. The Balaban J connectivity index is 3.57. The Kier molecular flexibility index (Phi) is 5.43. The summed E-state index contributed by atoms with van der Waals surface area (Å²) in [6.07, 6.45) is 4.46. The van der Waals surface area contributed by atoms with Gasteiger partial charge in [0.15, 0.2) is 0 Å². The van der Waals surface area contributed by atoms with Crippen LogP contribution in [0.3, 0.4) is 0 Å². The van der Waals surface area contributed by atoms with Crippen LogP contribution in [0, 0.1) is 5.92 Å². The second-order valence-electron chi connectivity index (χ2n) is 3.60. The largest absolute Gasteiger partial charge is 0.354 e. The predicted molar refractivity (Wildman–Crippen MR) is 51.9 cm³/mol. The van der Waals surface area contributed by atoms with E-state index in [-0.39, 0.29) is 11.9 Å². The van der Waals surface area contributed by atoms with Crippen molar-refractivity contribution >= 4 is 5.91 Å². The first-order valence-corrected chi connectivity index (χ1v) is 4.48. The molecule has 2 heteroatoms. The van der Waals surface area contributed by atoms with E-state index in [1.54, 1.807) is 0 Å². The minimum atomic E-state index is 0.0990. The molecule has 2 nitrogen and oxygen atoms in total. The van der Waals surface area contributed by atoms with Crippen molar-refractivity contribution in [2.75, 3.05) is 0 Å². The number of rotatable bonds is 4. The fourth-order valence-electron chi connectivity index (χ4n) is 0.828. The number of hydrogen-bond acceptors (Lipinski definition) is 1. The zero-order valence-electron chi connectivity index (χ0n) is 8.42. The van der Waals surface area contributed by atoms with Gasteiger partial charge in [0, 0.05) is 12.5 Å². The van der Waals surface area contributed by atoms with Crippen molar-refractivity contribution in [2.24, 2.45) is 5.92 Å². The fraction of sp³-hybridized carbons (Fsp3) is 0.700. The summed E-state index contributed by atoms with van der Waals surface area (Å²) in [5.41, 5.74) is 0. The first kappa shape index (κ1) is 11.2.